The number of rotatable bonds is 6. The van der Waals surface area contributed by atoms with Crippen LogP contribution in [0.3, 0.4) is 0 Å². The largest absolute Gasteiger partial charge is 0.573 e. The first-order valence-electron chi connectivity index (χ1n) is 7.99. The lowest BCUT2D eigenvalue weighted by atomic mass is 10.3. The molecule has 0 spiro atoms. The number of amides is 1. The van der Waals surface area contributed by atoms with Gasteiger partial charge in [0.25, 0.3) is 0 Å². The van der Waals surface area contributed by atoms with Gasteiger partial charge in [-0.15, -0.1) is 18.3 Å². The lowest BCUT2D eigenvalue weighted by molar-refractivity contribution is -0.274. The number of nitrogens with one attached hydrogen (secondary N) is 1. The van der Waals surface area contributed by atoms with Crippen LogP contribution in [0.5, 0.6) is 5.75 Å². The van der Waals surface area contributed by atoms with E-state index < -0.39 is 11.6 Å². The van der Waals surface area contributed by atoms with Gasteiger partial charge in [0.1, 0.15) is 5.75 Å². The third-order valence-electron chi connectivity index (χ3n) is 3.45. The van der Waals surface area contributed by atoms with Crippen molar-refractivity contribution in [2.45, 2.75) is 23.7 Å². The molecule has 1 heterocycles. The molecule has 0 saturated carbocycles. The molecule has 0 bridgehead atoms. The molecule has 0 unspecified atom stereocenters. The number of aromatic nitrogens is 4. The Kier molecular flexibility index (Phi) is 5.83. The minimum Gasteiger partial charge on any atom is -0.406 e. The summed E-state index contributed by atoms with van der Waals surface area (Å²) in [6.45, 7) is 1.67. The fourth-order valence-corrected chi connectivity index (χ4v) is 2.99. The molecule has 0 aliphatic rings. The van der Waals surface area contributed by atoms with Crippen molar-refractivity contribution in [2.24, 2.45) is 0 Å². The van der Waals surface area contributed by atoms with Crippen LogP contribution >= 0.6 is 11.8 Å². The molecule has 0 aliphatic heterocycles. The van der Waals surface area contributed by atoms with Crippen molar-refractivity contribution in [2.75, 3.05) is 5.32 Å². The molecule has 146 valence electrons. The highest BCUT2D eigenvalue weighted by Crippen LogP contribution is 2.26. The number of hydrogen-bond acceptors (Lipinski definition) is 6. The number of alkyl halides is 3. The summed E-state index contributed by atoms with van der Waals surface area (Å²) in [6.07, 6.45) is -4.77. The second-order valence-electron chi connectivity index (χ2n) is 5.53. The van der Waals surface area contributed by atoms with Crippen molar-refractivity contribution in [1.29, 1.82) is 0 Å². The molecule has 0 aliphatic carbocycles. The molecule has 28 heavy (non-hydrogen) atoms. The number of tetrazole rings is 1. The fourth-order valence-electron chi connectivity index (χ4n) is 2.18. The maximum atomic E-state index is 12.4. The summed E-state index contributed by atoms with van der Waals surface area (Å²) < 4.78 is 41.8. The normalized spacial score (nSPS) is 12.4. The zero-order chi connectivity index (χ0) is 20.1. The lowest BCUT2D eigenvalue weighted by Gasteiger charge is -2.13. The highest BCUT2D eigenvalue weighted by molar-refractivity contribution is 8.00. The van der Waals surface area contributed by atoms with E-state index in [1.807, 2.05) is 30.3 Å². The van der Waals surface area contributed by atoms with Crippen LogP contribution in [0, 0.1) is 0 Å². The SMILES string of the molecule is C[C@H](Sc1nnnn1-c1ccccc1)C(=O)Nc1ccc(OC(F)(F)F)cc1. The molecule has 3 aromatic rings. The molecule has 1 amide bonds. The number of para-hydroxylation sites is 1. The van der Waals surface area contributed by atoms with Crippen LogP contribution in [0.4, 0.5) is 18.9 Å². The van der Waals surface area contributed by atoms with Crippen molar-refractivity contribution >= 4 is 23.4 Å². The van der Waals surface area contributed by atoms with Gasteiger partial charge in [0, 0.05) is 5.69 Å². The third kappa shape index (κ3) is 5.22. The number of ether oxygens (including phenoxy) is 1. The van der Waals surface area contributed by atoms with E-state index in [-0.39, 0.29) is 11.7 Å². The predicted molar refractivity (Wildman–Crippen MR) is 96.2 cm³/mol. The summed E-state index contributed by atoms with van der Waals surface area (Å²) in [4.78, 5) is 12.4. The minimum absolute atomic E-state index is 0.342. The molecule has 11 heteroatoms. The Bertz CT molecular complexity index is 932. The van der Waals surface area contributed by atoms with Crippen LogP contribution in [0.25, 0.3) is 5.69 Å². The average molecular weight is 409 g/mol. The standard InChI is InChI=1S/C17H14F3N5O2S/c1-11(28-16-22-23-24-25(16)13-5-3-2-4-6-13)15(26)21-12-7-9-14(10-8-12)27-17(18,19)20/h2-11H,1H3,(H,21,26)/t11-/m0/s1. The Morgan fingerprint density at radius 2 is 1.82 bits per heavy atom. The summed E-state index contributed by atoms with van der Waals surface area (Å²) in [5, 5.41) is 14.0. The van der Waals surface area contributed by atoms with Gasteiger partial charge in [-0.2, -0.15) is 4.68 Å². The van der Waals surface area contributed by atoms with Gasteiger partial charge >= 0.3 is 6.36 Å². The van der Waals surface area contributed by atoms with Crippen molar-refractivity contribution in [3.05, 3.63) is 54.6 Å². The van der Waals surface area contributed by atoms with Crippen molar-refractivity contribution in [3.63, 3.8) is 0 Å². The lowest BCUT2D eigenvalue weighted by Crippen LogP contribution is -2.23. The smallest absolute Gasteiger partial charge is 0.406 e. The van der Waals surface area contributed by atoms with Gasteiger partial charge in [-0.3, -0.25) is 4.79 Å². The van der Waals surface area contributed by atoms with Gasteiger partial charge in [0.05, 0.1) is 10.9 Å². The predicted octanol–water partition coefficient (Wildman–Crippen LogP) is 3.68. The molecule has 7 nitrogen and oxygen atoms in total. The van der Waals surface area contributed by atoms with Crippen LogP contribution in [0.15, 0.2) is 59.8 Å². The van der Waals surface area contributed by atoms with Gasteiger partial charge in [-0.25, -0.2) is 0 Å². The highest BCUT2D eigenvalue weighted by atomic mass is 32.2. The first kappa shape index (κ1) is 19.7. The monoisotopic (exact) mass is 409 g/mol. The van der Waals surface area contributed by atoms with Crippen LogP contribution < -0.4 is 10.1 Å². The van der Waals surface area contributed by atoms with Gasteiger partial charge in [-0.05, 0) is 53.7 Å². The molecule has 0 fully saturated rings. The van der Waals surface area contributed by atoms with Gasteiger partial charge in [0.2, 0.25) is 11.1 Å². The molecular weight excluding hydrogens is 395 g/mol. The molecule has 0 radical (unpaired) electrons. The molecule has 1 aromatic heterocycles. The molecule has 3 rings (SSSR count). The minimum atomic E-state index is -4.77. The van der Waals surface area contributed by atoms with Crippen molar-refractivity contribution in [1.82, 2.24) is 20.2 Å². The molecule has 1 N–H and O–H groups in total. The molecule has 1 atom stereocenters. The quantitative estimate of drug-likeness (QED) is 0.626. The van der Waals surface area contributed by atoms with E-state index in [1.165, 1.54) is 16.8 Å². The summed E-state index contributed by atoms with van der Waals surface area (Å²) in [6, 6.07) is 14.1. The third-order valence-corrected chi connectivity index (χ3v) is 4.48. The zero-order valence-electron chi connectivity index (χ0n) is 14.4. The first-order valence-corrected chi connectivity index (χ1v) is 8.87. The van der Waals surface area contributed by atoms with E-state index in [0.717, 1.165) is 29.6 Å². The number of hydrogen-bond donors (Lipinski definition) is 1. The van der Waals surface area contributed by atoms with Gasteiger partial charge in [0.15, 0.2) is 0 Å². The molecule has 0 saturated heterocycles. The summed E-state index contributed by atoms with van der Waals surface area (Å²) in [5.41, 5.74) is 1.09. The zero-order valence-corrected chi connectivity index (χ0v) is 15.2. The van der Waals surface area contributed by atoms with E-state index in [1.54, 1.807) is 6.92 Å². The number of benzene rings is 2. The number of nitrogens with zero attached hydrogens (tertiary/aromatic N) is 4. The first-order chi connectivity index (χ1) is 13.3. The van der Waals surface area contributed by atoms with E-state index >= 15 is 0 Å². The summed E-state index contributed by atoms with van der Waals surface area (Å²) in [7, 11) is 0. The van der Waals surface area contributed by atoms with E-state index in [0.29, 0.717) is 10.8 Å². The summed E-state index contributed by atoms with van der Waals surface area (Å²) >= 11 is 1.15. The maximum absolute atomic E-state index is 12.4. The number of anilines is 1. The second-order valence-corrected chi connectivity index (χ2v) is 6.84. The van der Waals surface area contributed by atoms with Gasteiger partial charge in [-0.1, -0.05) is 30.0 Å². The topological polar surface area (TPSA) is 81.9 Å². The van der Waals surface area contributed by atoms with E-state index in [9.17, 15) is 18.0 Å². The average Bonchev–Trinajstić information content (AvgIpc) is 3.11. The second kappa shape index (κ2) is 8.30. The van der Waals surface area contributed by atoms with Crippen LogP contribution in [-0.4, -0.2) is 37.7 Å². The molecule has 2 aromatic carbocycles. The highest BCUT2D eigenvalue weighted by Gasteiger charge is 2.31. The Hall–Kier alpha value is -3.08. The van der Waals surface area contributed by atoms with Crippen LogP contribution in [-0.2, 0) is 4.79 Å². The summed E-state index contributed by atoms with van der Waals surface area (Å²) in [5.74, 6) is -0.716. The van der Waals surface area contributed by atoms with Gasteiger partial charge < -0.3 is 10.1 Å². The number of carbonyl (C=O) groups is 1. The Balaban J connectivity index is 1.62. The molecular formula is C17H14F3N5O2S. The number of halogens is 3. The van der Waals surface area contributed by atoms with Crippen LogP contribution in [0.2, 0.25) is 0 Å². The van der Waals surface area contributed by atoms with Crippen molar-refractivity contribution < 1.29 is 22.7 Å². The number of thioether (sulfide) groups is 1. The Labute approximate surface area is 161 Å². The van der Waals surface area contributed by atoms with Crippen LogP contribution in [0.1, 0.15) is 6.92 Å². The fraction of sp³-hybridized carbons (Fsp3) is 0.176. The maximum Gasteiger partial charge on any atom is 0.573 e. The Morgan fingerprint density at radius 1 is 1.14 bits per heavy atom. The van der Waals surface area contributed by atoms with Crippen molar-refractivity contribution in [3.8, 4) is 11.4 Å². The number of carbonyl (C=O) groups excluding carboxylic acids is 1. The Morgan fingerprint density at radius 3 is 2.46 bits per heavy atom. The van der Waals surface area contributed by atoms with E-state index in [2.05, 4.69) is 25.6 Å². The van der Waals surface area contributed by atoms with E-state index in [4.69, 9.17) is 0 Å².